The van der Waals surface area contributed by atoms with E-state index < -0.39 is 40.7 Å². The molecular formula is C20H18F5N3O2S. The number of hydrogen-bond donors (Lipinski definition) is 1. The minimum absolute atomic E-state index is 0.0614. The Hall–Kier alpha value is -2.95. The van der Waals surface area contributed by atoms with Crippen LogP contribution in [0, 0.1) is 36.0 Å². The quantitative estimate of drug-likeness (QED) is 0.329. The zero-order valence-electron chi connectivity index (χ0n) is 16.4. The molecule has 1 aliphatic heterocycles. The summed E-state index contributed by atoms with van der Waals surface area (Å²) in [5, 5.41) is 2.58. The van der Waals surface area contributed by atoms with E-state index in [0.29, 0.717) is 5.75 Å². The van der Waals surface area contributed by atoms with Crippen LogP contribution in [-0.2, 0) is 4.79 Å². The molecule has 0 bridgehead atoms. The lowest BCUT2D eigenvalue weighted by Crippen LogP contribution is -2.53. The molecule has 0 unspecified atom stereocenters. The second-order valence-corrected chi connectivity index (χ2v) is 7.19. The molecule has 1 N–H and O–H groups in total. The Labute approximate surface area is 180 Å². The van der Waals surface area contributed by atoms with E-state index >= 15 is 0 Å². The van der Waals surface area contributed by atoms with E-state index in [4.69, 9.17) is 17.0 Å². The van der Waals surface area contributed by atoms with Gasteiger partial charge in [0, 0.05) is 26.2 Å². The maximum absolute atomic E-state index is 14.0. The number of para-hydroxylation sites is 1. The second kappa shape index (κ2) is 9.46. The van der Waals surface area contributed by atoms with Gasteiger partial charge < -0.3 is 19.9 Å². The lowest BCUT2D eigenvalue weighted by molar-refractivity contribution is -0.121. The summed E-state index contributed by atoms with van der Waals surface area (Å²) in [6.07, 6.45) is 0. The predicted octanol–water partition coefficient (Wildman–Crippen LogP) is 3.29. The van der Waals surface area contributed by atoms with Gasteiger partial charge in [-0.05, 0) is 30.8 Å². The fourth-order valence-corrected chi connectivity index (χ4v) is 3.40. The summed E-state index contributed by atoms with van der Waals surface area (Å²) in [7, 11) is 0. The Morgan fingerprint density at radius 1 is 0.968 bits per heavy atom. The van der Waals surface area contributed by atoms with Gasteiger partial charge in [0.2, 0.25) is 5.82 Å². The van der Waals surface area contributed by atoms with Gasteiger partial charge in [0.1, 0.15) is 11.4 Å². The van der Waals surface area contributed by atoms with Gasteiger partial charge in [-0.3, -0.25) is 4.79 Å². The van der Waals surface area contributed by atoms with Crippen LogP contribution >= 0.6 is 12.2 Å². The fraction of sp³-hybridized carbons (Fsp3) is 0.300. The maximum atomic E-state index is 14.0. The number of nitrogens with zero attached hydrogens (tertiary/aromatic N) is 2. The number of ether oxygens (including phenoxy) is 1. The standard InChI is InChI=1S/C20H18F5N3O2S/c1-11-4-2-3-5-12(11)30-10-13(29)26-20(31)28-8-6-27(7-9-28)19-17(24)15(22)14(21)16(23)18(19)25/h2-5H,6-10H2,1H3,(H,26,29,31). The highest BCUT2D eigenvalue weighted by atomic mass is 32.1. The average Bonchev–Trinajstić information content (AvgIpc) is 2.76. The molecule has 1 aliphatic rings. The van der Waals surface area contributed by atoms with Crippen LogP contribution in [0.1, 0.15) is 5.56 Å². The molecule has 166 valence electrons. The molecule has 1 saturated heterocycles. The first-order valence-electron chi connectivity index (χ1n) is 9.24. The number of aryl methyl sites for hydroxylation is 1. The number of nitrogens with one attached hydrogen (secondary N) is 1. The van der Waals surface area contributed by atoms with Crippen molar-refractivity contribution in [3.63, 3.8) is 0 Å². The van der Waals surface area contributed by atoms with Gasteiger partial charge in [0.15, 0.2) is 35.0 Å². The number of benzene rings is 2. The highest BCUT2D eigenvalue weighted by Crippen LogP contribution is 2.30. The molecule has 0 spiro atoms. The zero-order valence-corrected chi connectivity index (χ0v) is 17.2. The maximum Gasteiger partial charge on any atom is 0.264 e. The predicted molar refractivity (Wildman–Crippen MR) is 107 cm³/mol. The second-order valence-electron chi connectivity index (χ2n) is 6.80. The normalized spacial score (nSPS) is 13.9. The molecule has 0 aliphatic carbocycles. The molecule has 1 heterocycles. The van der Waals surface area contributed by atoms with E-state index in [2.05, 4.69) is 5.32 Å². The third-order valence-electron chi connectivity index (χ3n) is 4.77. The Bertz CT molecular complexity index is 984. The minimum Gasteiger partial charge on any atom is -0.483 e. The van der Waals surface area contributed by atoms with Crippen molar-refractivity contribution in [2.24, 2.45) is 0 Å². The molecule has 3 rings (SSSR count). The molecule has 5 nitrogen and oxygen atoms in total. The van der Waals surface area contributed by atoms with Gasteiger partial charge in [-0.25, -0.2) is 22.0 Å². The monoisotopic (exact) mass is 459 g/mol. The molecule has 0 saturated carbocycles. The zero-order chi connectivity index (χ0) is 22.7. The summed E-state index contributed by atoms with van der Waals surface area (Å²) in [5.41, 5.74) is -0.111. The average molecular weight is 459 g/mol. The van der Waals surface area contributed by atoms with Crippen molar-refractivity contribution in [3.8, 4) is 5.75 Å². The van der Waals surface area contributed by atoms with Crippen molar-refractivity contribution in [1.82, 2.24) is 10.2 Å². The summed E-state index contributed by atoms with van der Waals surface area (Å²) in [4.78, 5) is 14.7. The summed E-state index contributed by atoms with van der Waals surface area (Å²) in [5.74, 6) is -9.88. The van der Waals surface area contributed by atoms with Gasteiger partial charge in [-0.15, -0.1) is 0 Å². The largest absolute Gasteiger partial charge is 0.483 e. The van der Waals surface area contributed by atoms with Crippen LogP contribution in [0.25, 0.3) is 0 Å². The van der Waals surface area contributed by atoms with Crippen LogP contribution in [0.3, 0.4) is 0 Å². The van der Waals surface area contributed by atoms with Crippen LogP contribution in [0.5, 0.6) is 5.75 Å². The van der Waals surface area contributed by atoms with E-state index in [0.717, 1.165) is 10.5 Å². The van der Waals surface area contributed by atoms with Crippen LogP contribution in [0.4, 0.5) is 27.6 Å². The number of amides is 1. The Kier molecular flexibility index (Phi) is 6.94. The number of piperazine rings is 1. The summed E-state index contributed by atoms with van der Waals surface area (Å²) in [6, 6.07) is 7.17. The minimum atomic E-state index is -2.20. The fourth-order valence-electron chi connectivity index (χ4n) is 3.10. The third-order valence-corrected chi connectivity index (χ3v) is 5.13. The number of halogens is 5. The summed E-state index contributed by atoms with van der Waals surface area (Å²) >= 11 is 5.17. The smallest absolute Gasteiger partial charge is 0.264 e. The molecule has 0 aromatic heterocycles. The van der Waals surface area contributed by atoms with Crippen LogP contribution in [0.15, 0.2) is 24.3 Å². The summed E-state index contributed by atoms with van der Waals surface area (Å²) < 4.78 is 73.5. The number of thiocarbonyl (C=S) groups is 1. The van der Waals surface area contributed by atoms with Gasteiger partial charge >= 0.3 is 0 Å². The number of carbonyl (C=O) groups excluding carboxylic acids is 1. The number of carbonyl (C=O) groups is 1. The molecule has 0 atom stereocenters. The molecule has 0 radical (unpaired) electrons. The molecule has 2 aromatic rings. The number of hydrogen-bond acceptors (Lipinski definition) is 4. The van der Waals surface area contributed by atoms with Crippen LogP contribution < -0.4 is 15.0 Å². The summed E-state index contributed by atoms with van der Waals surface area (Å²) in [6.45, 7) is 1.66. The molecule has 1 amide bonds. The number of anilines is 1. The Morgan fingerprint density at radius 3 is 2.10 bits per heavy atom. The first-order valence-corrected chi connectivity index (χ1v) is 9.65. The van der Waals surface area contributed by atoms with Gasteiger partial charge in [-0.1, -0.05) is 18.2 Å². The topological polar surface area (TPSA) is 44.8 Å². The lowest BCUT2D eigenvalue weighted by Gasteiger charge is -2.37. The molecular weight excluding hydrogens is 441 g/mol. The molecule has 1 fully saturated rings. The van der Waals surface area contributed by atoms with E-state index in [-0.39, 0.29) is 37.9 Å². The first kappa shape index (κ1) is 22.7. The van der Waals surface area contributed by atoms with Crippen LogP contribution in [0.2, 0.25) is 0 Å². The number of rotatable bonds is 4. The molecule has 2 aromatic carbocycles. The highest BCUT2D eigenvalue weighted by molar-refractivity contribution is 7.80. The van der Waals surface area contributed by atoms with Gasteiger partial charge in [-0.2, -0.15) is 0 Å². The Morgan fingerprint density at radius 2 is 1.52 bits per heavy atom. The van der Waals surface area contributed by atoms with Crippen molar-refractivity contribution < 1.29 is 31.5 Å². The van der Waals surface area contributed by atoms with E-state index in [1.807, 2.05) is 19.1 Å². The van der Waals surface area contributed by atoms with E-state index in [1.54, 1.807) is 17.0 Å². The van der Waals surface area contributed by atoms with Crippen molar-refractivity contribution >= 4 is 28.9 Å². The van der Waals surface area contributed by atoms with E-state index in [9.17, 15) is 26.7 Å². The van der Waals surface area contributed by atoms with Gasteiger partial charge in [0.05, 0.1) is 0 Å². The van der Waals surface area contributed by atoms with Crippen molar-refractivity contribution in [2.75, 3.05) is 37.7 Å². The highest BCUT2D eigenvalue weighted by Gasteiger charge is 2.31. The molecule has 31 heavy (non-hydrogen) atoms. The van der Waals surface area contributed by atoms with Crippen molar-refractivity contribution in [2.45, 2.75) is 6.92 Å². The van der Waals surface area contributed by atoms with Crippen molar-refractivity contribution in [1.29, 1.82) is 0 Å². The van der Waals surface area contributed by atoms with E-state index in [1.165, 1.54) is 0 Å². The first-order chi connectivity index (χ1) is 14.7. The van der Waals surface area contributed by atoms with Crippen LogP contribution in [-0.4, -0.2) is 48.7 Å². The Balaban J connectivity index is 1.56. The SMILES string of the molecule is Cc1ccccc1OCC(=O)NC(=S)N1CCN(c2c(F)c(F)c(F)c(F)c2F)CC1. The van der Waals surface area contributed by atoms with Gasteiger partial charge in [0.25, 0.3) is 5.91 Å². The lowest BCUT2D eigenvalue weighted by atomic mass is 10.2. The molecule has 11 heteroatoms. The van der Waals surface area contributed by atoms with Crippen molar-refractivity contribution in [3.05, 3.63) is 58.9 Å². The third kappa shape index (κ3) is 4.87.